The zero-order valence-electron chi connectivity index (χ0n) is 14.9. The number of nitrogens with one attached hydrogen (secondary N) is 3. The molecule has 3 N–H and O–H groups in total. The number of rotatable bonds is 6. The number of nitrogens with zero attached hydrogens (tertiary/aromatic N) is 4. The Hall–Kier alpha value is -3.03. The summed E-state index contributed by atoms with van der Waals surface area (Å²) in [5.74, 6) is 0.745. The maximum Gasteiger partial charge on any atom is 0.151 e. The minimum absolute atomic E-state index is 0.145. The highest BCUT2D eigenvalue weighted by atomic mass is 35.5. The molecule has 0 unspecified atom stereocenters. The van der Waals surface area contributed by atoms with E-state index < -0.39 is 0 Å². The molecule has 0 atom stereocenters. The summed E-state index contributed by atoms with van der Waals surface area (Å²) in [6, 6.07) is 14.5. The van der Waals surface area contributed by atoms with E-state index in [2.05, 4.69) is 15.4 Å². The maximum atomic E-state index is 8.35. The number of pyridine rings is 1. The number of anilines is 2. The monoisotopic (exact) mass is 381 g/mol. The molecule has 27 heavy (non-hydrogen) atoms. The van der Waals surface area contributed by atoms with Crippen molar-refractivity contribution >= 4 is 28.9 Å². The van der Waals surface area contributed by atoms with Crippen molar-refractivity contribution in [2.24, 2.45) is 0 Å². The molecule has 3 rings (SSSR count). The van der Waals surface area contributed by atoms with Crippen LogP contribution in [0.2, 0.25) is 5.02 Å². The zero-order valence-corrected chi connectivity index (χ0v) is 15.6. The van der Waals surface area contributed by atoms with Crippen molar-refractivity contribution < 1.29 is 0 Å². The Labute approximate surface area is 162 Å². The fourth-order valence-corrected chi connectivity index (χ4v) is 2.78. The Morgan fingerprint density at radius 2 is 2.07 bits per heavy atom. The molecule has 0 amide bonds. The van der Waals surface area contributed by atoms with E-state index in [-0.39, 0.29) is 11.3 Å². The standard InChI is InChI=1S/C19H20ClN7/c1-26(12-14-4-3-9-23-11-14)13-18(22)27-17(21)7-8-19(25-27)24-16-6-2-5-15(20)10-16/h2-11,21-22H,12-13H2,1H3,(H,24,25). The summed E-state index contributed by atoms with van der Waals surface area (Å²) in [5, 5.41) is 24.5. The van der Waals surface area contributed by atoms with Gasteiger partial charge in [0.1, 0.15) is 11.3 Å². The van der Waals surface area contributed by atoms with Gasteiger partial charge in [0.2, 0.25) is 0 Å². The van der Waals surface area contributed by atoms with Crippen LogP contribution in [0.4, 0.5) is 11.5 Å². The molecule has 0 aliphatic rings. The molecule has 0 saturated heterocycles. The molecule has 8 heteroatoms. The fourth-order valence-electron chi connectivity index (χ4n) is 2.59. The van der Waals surface area contributed by atoms with Gasteiger partial charge in [-0.15, -0.1) is 5.10 Å². The number of aromatic nitrogens is 3. The molecule has 7 nitrogen and oxygen atoms in total. The van der Waals surface area contributed by atoms with E-state index in [1.54, 1.807) is 36.7 Å². The number of hydrogen-bond donors (Lipinski definition) is 3. The lowest BCUT2D eigenvalue weighted by Gasteiger charge is -2.18. The molecule has 3 aromatic rings. The van der Waals surface area contributed by atoms with E-state index in [0.717, 1.165) is 11.3 Å². The quantitative estimate of drug-likeness (QED) is 0.451. The van der Waals surface area contributed by atoms with E-state index in [1.165, 1.54) is 4.68 Å². The van der Waals surface area contributed by atoms with E-state index in [9.17, 15) is 0 Å². The van der Waals surface area contributed by atoms with Gasteiger partial charge in [-0.3, -0.25) is 20.7 Å². The molecule has 2 heterocycles. The largest absolute Gasteiger partial charge is 0.339 e. The van der Waals surface area contributed by atoms with Gasteiger partial charge in [0.15, 0.2) is 5.82 Å². The van der Waals surface area contributed by atoms with Crippen molar-refractivity contribution in [1.29, 1.82) is 10.8 Å². The maximum absolute atomic E-state index is 8.35. The number of benzene rings is 1. The average Bonchev–Trinajstić information content (AvgIpc) is 2.64. The smallest absolute Gasteiger partial charge is 0.151 e. The zero-order chi connectivity index (χ0) is 19.2. The van der Waals surface area contributed by atoms with Gasteiger partial charge in [-0.25, -0.2) is 0 Å². The minimum atomic E-state index is 0.145. The van der Waals surface area contributed by atoms with Gasteiger partial charge in [-0.1, -0.05) is 23.7 Å². The molecule has 1 aromatic carbocycles. The van der Waals surface area contributed by atoms with Crippen LogP contribution < -0.4 is 10.8 Å². The number of likely N-dealkylation sites (N-methyl/N-ethyl adjacent to an activating group) is 1. The van der Waals surface area contributed by atoms with Crippen molar-refractivity contribution in [2.75, 3.05) is 18.9 Å². The van der Waals surface area contributed by atoms with Crippen LogP contribution in [0.3, 0.4) is 0 Å². The first kappa shape index (κ1) is 18.8. The Balaban J connectivity index is 1.71. The second-order valence-corrected chi connectivity index (χ2v) is 6.57. The molecule has 2 aromatic heterocycles. The molecule has 0 bridgehead atoms. The summed E-state index contributed by atoms with van der Waals surface area (Å²) in [5.41, 5.74) is 2.00. The molecule has 0 spiro atoms. The fraction of sp³-hybridized carbons (Fsp3) is 0.158. The van der Waals surface area contributed by atoms with Crippen LogP contribution >= 0.6 is 11.6 Å². The van der Waals surface area contributed by atoms with Crippen LogP contribution in [-0.4, -0.2) is 39.1 Å². The second-order valence-electron chi connectivity index (χ2n) is 6.13. The van der Waals surface area contributed by atoms with Crippen molar-refractivity contribution in [3.63, 3.8) is 0 Å². The van der Waals surface area contributed by atoms with E-state index in [4.69, 9.17) is 22.4 Å². The Morgan fingerprint density at radius 1 is 1.22 bits per heavy atom. The topological polar surface area (TPSA) is 93.7 Å². The van der Waals surface area contributed by atoms with Crippen molar-refractivity contribution in [3.8, 4) is 0 Å². The number of halogens is 1. The number of hydrogen-bond acceptors (Lipinski definition) is 6. The third-order valence-corrected chi connectivity index (χ3v) is 4.02. The van der Waals surface area contributed by atoms with Gasteiger partial charge >= 0.3 is 0 Å². The lowest BCUT2D eigenvalue weighted by atomic mass is 10.2. The third kappa shape index (κ3) is 5.22. The van der Waals surface area contributed by atoms with Gasteiger partial charge in [0, 0.05) is 29.6 Å². The normalized spacial score (nSPS) is 10.8. The van der Waals surface area contributed by atoms with E-state index in [1.807, 2.05) is 36.2 Å². The second kappa shape index (κ2) is 8.57. The molecule has 138 valence electrons. The first-order valence-corrected chi connectivity index (χ1v) is 8.72. The van der Waals surface area contributed by atoms with Gasteiger partial charge in [0.05, 0.1) is 6.54 Å². The highest BCUT2D eigenvalue weighted by Gasteiger charge is 2.09. The molecule has 0 aliphatic heterocycles. The van der Waals surface area contributed by atoms with Crippen LogP contribution in [-0.2, 0) is 6.54 Å². The molecule has 0 aliphatic carbocycles. The van der Waals surface area contributed by atoms with Gasteiger partial charge < -0.3 is 5.32 Å². The van der Waals surface area contributed by atoms with Gasteiger partial charge in [-0.05, 0) is 49.0 Å². The van der Waals surface area contributed by atoms with Crippen LogP contribution in [0.25, 0.3) is 0 Å². The SMILES string of the molecule is CN(CC(=N)n1nc(Nc2cccc(Cl)c2)ccc1=N)Cc1cccnc1. The first-order valence-electron chi connectivity index (χ1n) is 8.34. The van der Waals surface area contributed by atoms with E-state index in [0.29, 0.717) is 23.9 Å². The van der Waals surface area contributed by atoms with Crippen molar-refractivity contribution in [3.05, 3.63) is 77.0 Å². The lowest BCUT2D eigenvalue weighted by Crippen LogP contribution is -2.36. The van der Waals surface area contributed by atoms with Crippen LogP contribution in [0.1, 0.15) is 5.56 Å². The Kier molecular flexibility index (Phi) is 5.95. The molecular formula is C19H20ClN7. The average molecular weight is 382 g/mol. The Bertz CT molecular complexity index is 985. The summed E-state index contributed by atoms with van der Waals surface area (Å²) in [6.45, 7) is 1.00. The molecule has 0 saturated carbocycles. The first-order chi connectivity index (χ1) is 13.0. The van der Waals surface area contributed by atoms with Crippen molar-refractivity contribution in [2.45, 2.75) is 6.54 Å². The third-order valence-electron chi connectivity index (χ3n) is 3.78. The highest BCUT2D eigenvalue weighted by molar-refractivity contribution is 6.30. The predicted octanol–water partition coefficient (Wildman–Crippen LogP) is 3.11. The van der Waals surface area contributed by atoms with Gasteiger partial charge in [0.25, 0.3) is 0 Å². The summed E-state index contributed by atoms with van der Waals surface area (Å²) in [7, 11) is 1.92. The van der Waals surface area contributed by atoms with Gasteiger partial charge in [-0.2, -0.15) is 4.68 Å². The lowest BCUT2D eigenvalue weighted by molar-refractivity contribution is 0.368. The predicted molar refractivity (Wildman–Crippen MR) is 107 cm³/mol. The van der Waals surface area contributed by atoms with Crippen molar-refractivity contribution in [1.82, 2.24) is 19.7 Å². The minimum Gasteiger partial charge on any atom is -0.339 e. The van der Waals surface area contributed by atoms with E-state index >= 15 is 0 Å². The molecule has 0 radical (unpaired) electrons. The summed E-state index contributed by atoms with van der Waals surface area (Å²) < 4.78 is 1.31. The summed E-state index contributed by atoms with van der Waals surface area (Å²) in [4.78, 5) is 6.08. The Morgan fingerprint density at radius 3 is 2.81 bits per heavy atom. The summed E-state index contributed by atoms with van der Waals surface area (Å²) >= 11 is 6.00. The summed E-state index contributed by atoms with van der Waals surface area (Å²) in [6.07, 6.45) is 3.53. The molecular weight excluding hydrogens is 362 g/mol. The molecule has 0 fully saturated rings. The van der Waals surface area contributed by atoms with Crippen LogP contribution in [0.15, 0.2) is 60.9 Å². The highest BCUT2D eigenvalue weighted by Crippen LogP contribution is 2.18. The van der Waals surface area contributed by atoms with Crippen LogP contribution in [0.5, 0.6) is 0 Å². The van der Waals surface area contributed by atoms with Crippen LogP contribution in [0, 0.1) is 10.8 Å².